The normalized spacial score (nSPS) is 19.1. The van der Waals surface area contributed by atoms with Gasteiger partial charge >= 0.3 is 0 Å². The number of pyridine rings is 1. The number of rotatable bonds is 3. The van der Waals surface area contributed by atoms with Crippen LogP contribution >= 0.6 is 24.8 Å². The van der Waals surface area contributed by atoms with Crippen LogP contribution in [0.2, 0.25) is 0 Å². The fraction of sp³-hybridized carbons (Fsp3) is 0.545. The van der Waals surface area contributed by atoms with Crippen molar-refractivity contribution < 1.29 is 4.74 Å². The molecular weight excluding hydrogens is 247 g/mol. The van der Waals surface area contributed by atoms with E-state index in [9.17, 15) is 0 Å². The van der Waals surface area contributed by atoms with E-state index in [4.69, 9.17) is 4.74 Å². The van der Waals surface area contributed by atoms with Gasteiger partial charge < -0.3 is 10.1 Å². The topological polar surface area (TPSA) is 34.1 Å². The third-order valence-electron chi connectivity index (χ3n) is 2.51. The summed E-state index contributed by atoms with van der Waals surface area (Å²) in [4.78, 5) is 3.94. The lowest BCUT2D eigenvalue weighted by Gasteiger charge is -2.23. The molecule has 16 heavy (non-hydrogen) atoms. The number of nitrogens with zero attached hydrogens (tertiary/aromatic N) is 1. The molecule has 0 bridgehead atoms. The maximum Gasteiger partial charge on any atom is 0.122 e. The molecule has 2 heterocycles. The van der Waals surface area contributed by atoms with E-state index in [1.165, 1.54) is 19.3 Å². The monoisotopic (exact) mass is 264 g/mol. The van der Waals surface area contributed by atoms with Gasteiger partial charge in [0.15, 0.2) is 0 Å². The molecule has 1 aromatic rings. The molecule has 0 radical (unpaired) electrons. The molecule has 1 unspecified atom stereocenters. The fourth-order valence-electron chi connectivity index (χ4n) is 1.70. The maximum absolute atomic E-state index is 5.64. The molecule has 1 N–H and O–H groups in total. The van der Waals surface area contributed by atoms with Crippen molar-refractivity contribution in [1.82, 2.24) is 10.3 Å². The highest BCUT2D eigenvalue weighted by atomic mass is 35.5. The maximum atomic E-state index is 5.64. The molecule has 1 fully saturated rings. The first-order valence-electron chi connectivity index (χ1n) is 5.21. The molecule has 3 nitrogen and oxygen atoms in total. The van der Waals surface area contributed by atoms with Crippen LogP contribution in [0.3, 0.4) is 0 Å². The molecule has 0 spiro atoms. The average Bonchev–Trinajstić information content (AvgIpc) is 2.29. The van der Waals surface area contributed by atoms with Crippen molar-refractivity contribution in [2.45, 2.75) is 25.3 Å². The molecule has 0 saturated carbocycles. The van der Waals surface area contributed by atoms with Gasteiger partial charge in [-0.2, -0.15) is 0 Å². The SMILES string of the molecule is Cl.Cl.c1cc(OCC2CCCCN2)ccn1. The van der Waals surface area contributed by atoms with Crippen molar-refractivity contribution in [3.05, 3.63) is 24.5 Å². The van der Waals surface area contributed by atoms with Crippen molar-refractivity contribution in [1.29, 1.82) is 0 Å². The van der Waals surface area contributed by atoms with Crippen LogP contribution in [0.25, 0.3) is 0 Å². The number of hydrogen-bond acceptors (Lipinski definition) is 3. The van der Waals surface area contributed by atoms with Crippen LogP contribution in [0, 0.1) is 0 Å². The Morgan fingerprint density at radius 2 is 2.00 bits per heavy atom. The van der Waals surface area contributed by atoms with E-state index < -0.39 is 0 Å². The van der Waals surface area contributed by atoms with Crippen LogP contribution in [-0.4, -0.2) is 24.2 Å². The Bertz CT molecular complexity index is 266. The van der Waals surface area contributed by atoms with E-state index in [1.54, 1.807) is 12.4 Å². The smallest absolute Gasteiger partial charge is 0.122 e. The molecular formula is C11H18Cl2N2O. The second kappa shape index (κ2) is 8.62. The van der Waals surface area contributed by atoms with E-state index in [1.807, 2.05) is 12.1 Å². The summed E-state index contributed by atoms with van der Waals surface area (Å²) in [6, 6.07) is 4.31. The third kappa shape index (κ3) is 5.01. The standard InChI is InChI=1S/C11H16N2O.2ClH/c1-2-6-13-10(3-1)9-14-11-4-7-12-8-5-11;;/h4-5,7-8,10,13H,1-3,6,9H2;2*1H. The highest BCUT2D eigenvalue weighted by molar-refractivity contribution is 5.85. The highest BCUT2D eigenvalue weighted by Gasteiger charge is 2.12. The van der Waals surface area contributed by atoms with E-state index in [0.717, 1.165) is 18.9 Å². The fourth-order valence-corrected chi connectivity index (χ4v) is 1.70. The zero-order valence-electron chi connectivity index (χ0n) is 9.09. The Balaban J connectivity index is 0.00000112. The molecule has 92 valence electrons. The number of ether oxygens (including phenoxy) is 1. The van der Waals surface area contributed by atoms with Gasteiger partial charge in [-0.3, -0.25) is 4.98 Å². The van der Waals surface area contributed by atoms with Gasteiger partial charge in [-0.1, -0.05) is 6.42 Å². The summed E-state index contributed by atoms with van der Waals surface area (Å²) in [6.45, 7) is 1.90. The summed E-state index contributed by atoms with van der Waals surface area (Å²) in [6.07, 6.45) is 7.35. The highest BCUT2D eigenvalue weighted by Crippen LogP contribution is 2.11. The van der Waals surface area contributed by atoms with Crippen LogP contribution in [0.5, 0.6) is 5.75 Å². The zero-order chi connectivity index (χ0) is 9.64. The minimum absolute atomic E-state index is 0. The predicted octanol–water partition coefficient (Wildman–Crippen LogP) is 2.45. The molecule has 1 atom stereocenters. The van der Waals surface area contributed by atoms with Crippen molar-refractivity contribution in [3.8, 4) is 5.75 Å². The van der Waals surface area contributed by atoms with Crippen LogP contribution in [-0.2, 0) is 0 Å². The van der Waals surface area contributed by atoms with Crippen molar-refractivity contribution in [3.63, 3.8) is 0 Å². The number of halogens is 2. The zero-order valence-corrected chi connectivity index (χ0v) is 10.7. The van der Waals surface area contributed by atoms with Gasteiger partial charge in [0.05, 0.1) is 0 Å². The van der Waals surface area contributed by atoms with Crippen LogP contribution < -0.4 is 10.1 Å². The number of aromatic nitrogens is 1. The Labute approximate surface area is 109 Å². The Morgan fingerprint density at radius 1 is 1.25 bits per heavy atom. The quantitative estimate of drug-likeness (QED) is 0.911. The summed E-state index contributed by atoms with van der Waals surface area (Å²) < 4.78 is 5.64. The van der Waals surface area contributed by atoms with Crippen LogP contribution in [0.1, 0.15) is 19.3 Å². The average molecular weight is 265 g/mol. The molecule has 5 heteroatoms. The summed E-state index contributed by atoms with van der Waals surface area (Å²) in [7, 11) is 0. The minimum Gasteiger partial charge on any atom is -0.492 e. The number of piperidine rings is 1. The van der Waals surface area contributed by atoms with E-state index in [0.29, 0.717) is 6.04 Å². The van der Waals surface area contributed by atoms with Crippen LogP contribution in [0.4, 0.5) is 0 Å². The van der Waals surface area contributed by atoms with E-state index >= 15 is 0 Å². The Hall–Kier alpha value is -0.510. The van der Waals surface area contributed by atoms with Gasteiger partial charge in [-0.05, 0) is 31.5 Å². The second-order valence-corrected chi connectivity index (χ2v) is 3.64. The number of hydrogen-bond donors (Lipinski definition) is 1. The first-order chi connectivity index (χ1) is 6.95. The van der Waals surface area contributed by atoms with Crippen molar-refractivity contribution in [2.75, 3.05) is 13.2 Å². The lowest BCUT2D eigenvalue weighted by molar-refractivity contribution is 0.239. The lowest BCUT2D eigenvalue weighted by atomic mass is 10.1. The summed E-state index contributed by atoms with van der Waals surface area (Å²) >= 11 is 0. The van der Waals surface area contributed by atoms with Gasteiger partial charge in [0.1, 0.15) is 12.4 Å². The molecule has 1 saturated heterocycles. The predicted molar refractivity (Wildman–Crippen MR) is 69.9 cm³/mol. The molecule has 1 aromatic heterocycles. The first kappa shape index (κ1) is 15.5. The van der Waals surface area contributed by atoms with Gasteiger partial charge in [0.25, 0.3) is 0 Å². The van der Waals surface area contributed by atoms with Gasteiger partial charge in [-0.15, -0.1) is 24.8 Å². The summed E-state index contributed by atoms with van der Waals surface area (Å²) in [5, 5.41) is 3.45. The minimum atomic E-state index is 0. The second-order valence-electron chi connectivity index (χ2n) is 3.64. The Kier molecular flexibility index (Phi) is 8.35. The third-order valence-corrected chi connectivity index (χ3v) is 2.51. The van der Waals surface area contributed by atoms with Gasteiger partial charge in [0.2, 0.25) is 0 Å². The van der Waals surface area contributed by atoms with Crippen molar-refractivity contribution in [2.24, 2.45) is 0 Å². The van der Waals surface area contributed by atoms with Gasteiger partial charge in [0, 0.05) is 18.4 Å². The largest absolute Gasteiger partial charge is 0.492 e. The van der Waals surface area contributed by atoms with Crippen LogP contribution in [0.15, 0.2) is 24.5 Å². The lowest BCUT2D eigenvalue weighted by Crippen LogP contribution is -2.38. The molecule has 2 rings (SSSR count). The van der Waals surface area contributed by atoms with Gasteiger partial charge in [-0.25, -0.2) is 0 Å². The Morgan fingerprint density at radius 3 is 2.62 bits per heavy atom. The molecule has 1 aliphatic heterocycles. The molecule has 0 aliphatic carbocycles. The molecule has 1 aliphatic rings. The summed E-state index contributed by atoms with van der Waals surface area (Å²) in [5.41, 5.74) is 0. The molecule has 0 amide bonds. The first-order valence-corrected chi connectivity index (χ1v) is 5.21. The number of nitrogens with one attached hydrogen (secondary N) is 1. The van der Waals surface area contributed by atoms with E-state index in [2.05, 4.69) is 10.3 Å². The van der Waals surface area contributed by atoms with Crippen molar-refractivity contribution >= 4 is 24.8 Å². The van der Waals surface area contributed by atoms with E-state index in [-0.39, 0.29) is 24.8 Å². The molecule has 0 aromatic carbocycles. The summed E-state index contributed by atoms with van der Waals surface area (Å²) in [5.74, 6) is 0.910.